The largest absolute Gasteiger partial charge is 0.310 e. The Kier molecular flexibility index (Phi) is 7.39. The Morgan fingerprint density at radius 3 is 1.82 bits per heavy atom. The maximum absolute atomic E-state index is 2.39. The zero-order valence-corrected chi connectivity index (χ0v) is 30.7. The van der Waals surface area contributed by atoms with Crippen molar-refractivity contribution in [2.45, 2.75) is 0 Å². The monoisotopic (exact) mass is 718 g/mol. The van der Waals surface area contributed by atoms with E-state index in [2.05, 4.69) is 216 Å². The summed E-state index contributed by atoms with van der Waals surface area (Å²) < 4.78 is 5.04. The zero-order chi connectivity index (χ0) is 36.3. The van der Waals surface area contributed by atoms with Crippen molar-refractivity contribution in [1.29, 1.82) is 0 Å². The molecule has 0 atom stereocenters. The third kappa shape index (κ3) is 5.32. The Balaban J connectivity index is 1.06. The molecule has 0 aliphatic rings. The van der Waals surface area contributed by atoms with E-state index >= 15 is 0 Å². The van der Waals surface area contributed by atoms with E-state index in [-0.39, 0.29) is 0 Å². The van der Waals surface area contributed by atoms with E-state index in [1.54, 1.807) is 0 Å². The molecule has 0 unspecified atom stereocenters. The number of para-hydroxylation sites is 2. The van der Waals surface area contributed by atoms with Crippen LogP contribution in [0, 0.1) is 0 Å². The van der Waals surface area contributed by atoms with Gasteiger partial charge in [-0.3, -0.25) is 0 Å². The van der Waals surface area contributed by atoms with Crippen LogP contribution in [0.4, 0.5) is 17.1 Å². The standard InChI is InChI=1S/C52H34N2S/c1-3-12-35(13-4-1)38-15-11-18-42(32-38)53(43-28-30-46-45-20-9-10-21-48(45)54(49(46)34-43)40-16-5-2-6-17-40)41-26-22-36(23-27-41)39-24-29-47-51(33-39)55-50-31-25-37-14-7-8-19-44(37)52(47)50/h1-34H. The fourth-order valence-corrected chi connectivity index (χ4v) is 9.55. The van der Waals surface area contributed by atoms with Crippen molar-refractivity contribution in [3.63, 3.8) is 0 Å². The van der Waals surface area contributed by atoms with E-state index in [0.717, 1.165) is 22.7 Å². The second kappa shape index (κ2) is 12.9. The van der Waals surface area contributed by atoms with Crippen molar-refractivity contribution in [1.82, 2.24) is 4.57 Å². The van der Waals surface area contributed by atoms with Crippen LogP contribution in [0.2, 0.25) is 0 Å². The van der Waals surface area contributed by atoms with Gasteiger partial charge in [0.2, 0.25) is 0 Å². The van der Waals surface area contributed by atoms with E-state index in [4.69, 9.17) is 0 Å². The SMILES string of the molecule is c1ccc(-c2cccc(N(c3ccc(-c4ccc5c(c4)sc4ccc6ccccc6c45)cc3)c3ccc4c5ccccc5n(-c5ccccc5)c4c3)c2)cc1. The summed E-state index contributed by atoms with van der Waals surface area (Å²) in [5.41, 5.74) is 11.6. The number of rotatable bonds is 6. The van der Waals surface area contributed by atoms with Crippen LogP contribution in [0.1, 0.15) is 0 Å². The summed E-state index contributed by atoms with van der Waals surface area (Å²) in [5.74, 6) is 0. The van der Waals surface area contributed by atoms with Crippen LogP contribution in [-0.2, 0) is 0 Å². The van der Waals surface area contributed by atoms with Crippen molar-refractivity contribution in [2.75, 3.05) is 4.90 Å². The van der Waals surface area contributed by atoms with Gasteiger partial charge < -0.3 is 9.47 Å². The van der Waals surface area contributed by atoms with Crippen LogP contribution in [0.3, 0.4) is 0 Å². The summed E-state index contributed by atoms with van der Waals surface area (Å²) in [6, 6.07) is 75.1. The molecule has 0 fully saturated rings. The number of thiophene rings is 1. The average Bonchev–Trinajstić information content (AvgIpc) is 3.80. The van der Waals surface area contributed by atoms with Gasteiger partial charge >= 0.3 is 0 Å². The first kappa shape index (κ1) is 31.6. The van der Waals surface area contributed by atoms with Crippen LogP contribution in [-0.4, -0.2) is 4.57 Å². The number of benzene rings is 9. The highest BCUT2D eigenvalue weighted by atomic mass is 32.1. The molecular formula is C52H34N2S. The van der Waals surface area contributed by atoms with Gasteiger partial charge in [-0.15, -0.1) is 11.3 Å². The molecule has 0 radical (unpaired) electrons. The second-order valence-electron chi connectivity index (χ2n) is 14.2. The molecule has 258 valence electrons. The lowest BCUT2D eigenvalue weighted by Crippen LogP contribution is -2.10. The van der Waals surface area contributed by atoms with Gasteiger partial charge in [-0.25, -0.2) is 0 Å². The van der Waals surface area contributed by atoms with E-state index in [9.17, 15) is 0 Å². The predicted molar refractivity (Wildman–Crippen MR) is 237 cm³/mol. The van der Waals surface area contributed by atoms with Crippen LogP contribution in [0.15, 0.2) is 206 Å². The Labute approximate surface area is 323 Å². The Bertz CT molecular complexity index is 3190. The highest BCUT2D eigenvalue weighted by molar-refractivity contribution is 7.26. The normalized spacial score (nSPS) is 11.6. The summed E-state index contributed by atoms with van der Waals surface area (Å²) in [6.07, 6.45) is 0. The van der Waals surface area contributed by atoms with Gasteiger partial charge in [0.1, 0.15) is 0 Å². The van der Waals surface area contributed by atoms with Crippen molar-refractivity contribution in [3.8, 4) is 27.9 Å². The van der Waals surface area contributed by atoms with Crippen molar-refractivity contribution in [3.05, 3.63) is 206 Å². The minimum Gasteiger partial charge on any atom is -0.310 e. The molecule has 0 bridgehead atoms. The zero-order valence-electron chi connectivity index (χ0n) is 29.9. The van der Waals surface area contributed by atoms with Gasteiger partial charge in [-0.05, 0) is 99.8 Å². The minimum atomic E-state index is 1.10. The number of nitrogens with zero attached hydrogens (tertiary/aromatic N) is 2. The molecule has 0 amide bonds. The fraction of sp³-hybridized carbons (Fsp3) is 0. The molecule has 2 aromatic heterocycles. The molecule has 2 heterocycles. The van der Waals surface area contributed by atoms with Crippen molar-refractivity contribution in [2.24, 2.45) is 0 Å². The van der Waals surface area contributed by atoms with E-state index in [0.29, 0.717) is 0 Å². The first-order valence-electron chi connectivity index (χ1n) is 18.8. The lowest BCUT2D eigenvalue weighted by Gasteiger charge is -2.26. The summed E-state index contributed by atoms with van der Waals surface area (Å²) >= 11 is 1.88. The Morgan fingerprint density at radius 1 is 0.345 bits per heavy atom. The van der Waals surface area contributed by atoms with Gasteiger partial charge in [-0.2, -0.15) is 0 Å². The number of anilines is 3. The molecule has 3 heteroatoms. The third-order valence-electron chi connectivity index (χ3n) is 11.0. The number of hydrogen-bond acceptors (Lipinski definition) is 2. The maximum Gasteiger partial charge on any atom is 0.0561 e. The Hall–Kier alpha value is -6.94. The second-order valence-corrected chi connectivity index (χ2v) is 15.2. The van der Waals surface area contributed by atoms with Gasteiger partial charge in [0.15, 0.2) is 0 Å². The quantitative estimate of drug-likeness (QED) is 0.166. The highest BCUT2D eigenvalue weighted by Crippen LogP contribution is 2.43. The molecule has 55 heavy (non-hydrogen) atoms. The minimum absolute atomic E-state index is 1.10. The third-order valence-corrected chi connectivity index (χ3v) is 12.1. The molecule has 9 aromatic carbocycles. The van der Waals surface area contributed by atoms with E-state index in [1.807, 2.05) is 11.3 Å². The predicted octanol–water partition coefficient (Wildman–Crippen LogP) is 15.1. The molecule has 2 nitrogen and oxygen atoms in total. The average molecular weight is 719 g/mol. The first-order chi connectivity index (χ1) is 27.3. The molecule has 0 aliphatic heterocycles. The van der Waals surface area contributed by atoms with Crippen LogP contribution < -0.4 is 4.90 Å². The van der Waals surface area contributed by atoms with E-state index in [1.165, 1.54) is 75.0 Å². The van der Waals surface area contributed by atoms with Gasteiger partial charge in [-0.1, -0.05) is 140 Å². The molecular weight excluding hydrogens is 685 g/mol. The number of hydrogen-bond donors (Lipinski definition) is 0. The van der Waals surface area contributed by atoms with Crippen molar-refractivity contribution >= 4 is 81.1 Å². The maximum atomic E-state index is 2.39. The molecule has 0 saturated carbocycles. The Morgan fingerprint density at radius 2 is 0.964 bits per heavy atom. The molecule has 0 spiro atoms. The smallest absolute Gasteiger partial charge is 0.0561 e. The van der Waals surface area contributed by atoms with E-state index < -0.39 is 0 Å². The molecule has 0 N–H and O–H groups in total. The lowest BCUT2D eigenvalue weighted by atomic mass is 10.0. The summed E-state index contributed by atoms with van der Waals surface area (Å²) in [6.45, 7) is 0. The topological polar surface area (TPSA) is 8.17 Å². The molecule has 11 aromatic rings. The fourth-order valence-electron chi connectivity index (χ4n) is 8.38. The summed E-state index contributed by atoms with van der Waals surface area (Å²) in [5, 5.41) is 7.78. The van der Waals surface area contributed by atoms with Gasteiger partial charge in [0.25, 0.3) is 0 Å². The number of fused-ring (bicyclic) bond motifs is 8. The molecule has 11 rings (SSSR count). The van der Waals surface area contributed by atoms with Crippen LogP contribution >= 0.6 is 11.3 Å². The van der Waals surface area contributed by atoms with Crippen LogP contribution in [0.5, 0.6) is 0 Å². The molecule has 0 aliphatic carbocycles. The number of aromatic nitrogens is 1. The summed E-state index contributed by atoms with van der Waals surface area (Å²) in [4.78, 5) is 2.39. The van der Waals surface area contributed by atoms with Crippen molar-refractivity contribution < 1.29 is 0 Å². The summed E-state index contributed by atoms with van der Waals surface area (Å²) in [7, 11) is 0. The molecule has 0 saturated heterocycles. The van der Waals surface area contributed by atoms with Crippen LogP contribution in [0.25, 0.3) is 80.7 Å². The highest BCUT2D eigenvalue weighted by Gasteiger charge is 2.18. The first-order valence-corrected chi connectivity index (χ1v) is 19.6. The lowest BCUT2D eigenvalue weighted by molar-refractivity contribution is 1.18. The van der Waals surface area contributed by atoms with Gasteiger partial charge in [0.05, 0.1) is 11.0 Å². The van der Waals surface area contributed by atoms with Gasteiger partial charge in [0, 0.05) is 53.7 Å².